The van der Waals surface area contributed by atoms with Crippen molar-refractivity contribution in [3.8, 4) is 0 Å². The summed E-state index contributed by atoms with van der Waals surface area (Å²) in [5.74, 6) is -2.36. The molecule has 0 aromatic rings. The molecule has 0 aliphatic rings. The molecule has 0 rings (SSSR count). The van der Waals surface area contributed by atoms with Crippen molar-refractivity contribution >= 4 is 83.7 Å². The Kier molecular flexibility index (Phi) is 15.5. The van der Waals surface area contributed by atoms with Crippen molar-refractivity contribution in [1.29, 1.82) is 0 Å². The molecule has 7 heteroatoms. The summed E-state index contributed by atoms with van der Waals surface area (Å²) in [4.78, 5) is 19.7. The molecule has 2 N–H and O–H groups in total. The molecular formula is C4H6Na2O4S. The smallest absolute Gasteiger partial charge is 0.316 e. The predicted octanol–water partition coefficient (Wildman–Crippen LogP) is -0.917. The quantitative estimate of drug-likeness (QED) is 0.403. The Hall–Kier alpha value is 1.29. The average molecular weight is 196 g/mol. The van der Waals surface area contributed by atoms with E-state index in [4.69, 9.17) is 10.2 Å². The van der Waals surface area contributed by atoms with E-state index in [-0.39, 0.29) is 59.1 Å². The Bertz CT molecular complexity index is 140. The number of carboxylic acids is 2. The number of carbonyl (C=O) groups is 2. The van der Waals surface area contributed by atoms with Crippen LogP contribution in [0.1, 0.15) is 6.42 Å². The van der Waals surface area contributed by atoms with Crippen molar-refractivity contribution in [3.63, 3.8) is 0 Å². The molecule has 0 bridgehead atoms. The van der Waals surface area contributed by atoms with Crippen molar-refractivity contribution in [2.24, 2.45) is 0 Å². The minimum Gasteiger partial charge on any atom is -0.481 e. The van der Waals surface area contributed by atoms with E-state index in [1.54, 1.807) is 0 Å². The molecule has 0 spiro atoms. The number of hydrogen-bond donors (Lipinski definition) is 3. The minimum absolute atomic E-state index is 0. The van der Waals surface area contributed by atoms with Crippen LogP contribution >= 0.6 is 12.6 Å². The number of carboxylic acid groups (broad SMARTS) is 2. The van der Waals surface area contributed by atoms with Crippen molar-refractivity contribution in [1.82, 2.24) is 0 Å². The Balaban J connectivity index is -0.000000320. The van der Waals surface area contributed by atoms with Crippen LogP contribution in [0, 0.1) is 0 Å². The molecule has 0 saturated carbocycles. The van der Waals surface area contributed by atoms with Crippen LogP contribution in [0.3, 0.4) is 0 Å². The topological polar surface area (TPSA) is 74.6 Å². The van der Waals surface area contributed by atoms with E-state index in [1.807, 2.05) is 0 Å². The molecule has 0 saturated heterocycles. The van der Waals surface area contributed by atoms with E-state index >= 15 is 0 Å². The Morgan fingerprint density at radius 3 is 1.73 bits per heavy atom. The second-order valence-corrected chi connectivity index (χ2v) is 2.08. The van der Waals surface area contributed by atoms with E-state index in [0.29, 0.717) is 0 Å². The first-order valence-corrected chi connectivity index (χ1v) is 2.68. The third-order valence-corrected chi connectivity index (χ3v) is 1.06. The zero-order chi connectivity index (χ0) is 7.44. The Labute approximate surface area is 114 Å². The van der Waals surface area contributed by atoms with Gasteiger partial charge in [-0.25, -0.2) is 0 Å². The monoisotopic (exact) mass is 196 g/mol. The van der Waals surface area contributed by atoms with Gasteiger partial charge in [-0.05, 0) is 0 Å². The van der Waals surface area contributed by atoms with Gasteiger partial charge in [-0.15, -0.1) is 0 Å². The van der Waals surface area contributed by atoms with Crippen LogP contribution in [-0.2, 0) is 9.59 Å². The SMILES string of the molecule is O=C(O)CC(S)C(=O)O.[Na].[Na]. The fourth-order valence-corrected chi connectivity index (χ4v) is 0.409. The zero-order valence-electron chi connectivity index (χ0n) is 6.44. The molecule has 0 aliphatic heterocycles. The second kappa shape index (κ2) is 9.38. The largest absolute Gasteiger partial charge is 0.481 e. The Morgan fingerprint density at radius 2 is 1.64 bits per heavy atom. The van der Waals surface area contributed by atoms with Gasteiger partial charge in [-0.3, -0.25) is 9.59 Å². The van der Waals surface area contributed by atoms with Gasteiger partial charge in [0.25, 0.3) is 0 Å². The summed E-state index contributed by atoms with van der Waals surface area (Å²) in [5, 5.41) is 15.0. The predicted molar refractivity (Wildman–Crippen MR) is 44.2 cm³/mol. The number of rotatable bonds is 3. The molecule has 2 radical (unpaired) electrons. The summed E-state index contributed by atoms with van der Waals surface area (Å²) in [6.07, 6.45) is -0.446. The first kappa shape index (κ1) is 18.2. The molecule has 11 heavy (non-hydrogen) atoms. The third kappa shape index (κ3) is 11.3. The molecule has 1 unspecified atom stereocenters. The maximum Gasteiger partial charge on any atom is 0.316 e. The average Bonchev–Trinajstić information content (AvgIpc) is 1.63. The molecule has 0 aromatic heterocycles. The molecule has 4 nitrogen and oxygen atoms in total. The van der Waals surface area contributed by atoms with Crippen molar-refractivity contribution < 1.29 is 19.8 Å². The second-order valence-electron chi connectivity index (χ2n) is 1.45. The molecule has 1 atom stereocenters. The normalized spacial score (nSPS) is 10.3. The van der Waals surface area contributed by atoms with Crippen LogP contribution in [0.5, 0.6) is 0 Å². The van der Waals surface area contributed by atoms with E-state index in [0.717, 1.165) is 0 Å². The van der Waals surface area contributed by atoms with Gasteiger partial charge in [0.05, 0.1) is 6.42 Å². The van der Waals surface area contributed by atoms with Crippen molar-refractivity contribution in [2.75, 3.05) is 0 Å². The first-order valence-electron chi connectivity index (χ1n) is 2.16. The maximum absolute atomic E-state index is 9.90. The van der Waals surface area contributed by atoms with Crippen molar-refractivity contribution in [3.05, 3.63) is 0 Å². The standard InChI is InChI=1S/C4H6O4S.2Na/c5-3(6)1-2(9)4(7)8;;/h2,9H,1H2,(H,5,6)(H,7,8);;. The molecular weight excluding hydrogens is 190 g/mol. The van der Waals surface area contributed by atoms with Crippen LogP contribution in [0.15, 0.2) is 0 Å². The van der Waals surface area contributed by atoms with Crippen LogP contribution in [0.25, 0.3) is 0 Å². The fourth-order valence-electron chi connectivity index (χ4n) is 0.253. The number of aliphatic carboxylic acids is 2. The summed E-state index contributed by atoms with van der Waals surface area (Å²) in [6.45, 7) is 0. The number of thiol groups is 1. The molecule has 0 aliphatic carbocycles. The van der Waals surface area contributed by atoms with E-state index < -0.39 is 23.6 Å². The molecule has 0 amide bonds. The van der Waals surface area contributed by atoms with Crippen LogP contribution in [0.2, 0.25) is 0 Å². The van der Waals surface area contributed by atoms with Crippen LogP contribution in [-0.4, -0.2) is 86.5 Å². The van der Waals surface area contributed by atoms with Crippen LogP contribution in [0.4, 0.5) is 0 Å². The Morgan fingerprint density at radius 1 is 1.27 bits per heavy atom. The zero-order valence-corrected chi connectivity index (χ0v) is 11.3. The van der Waals surface area contributed by atoms with Gasteiger partial charge in [-0.1, -0.05) is 0 Å². The molecule has 0 fully saturated rings. The van der Waals surface area contributed by atoms with Gasteiger partial charge < -0.3 is 10.2 Å². The van der Waals surface area contributed by atoms with E-state index in [2.05, 4.69) is 12.6 Å². The molecule has 0 aromatic carbocycles. The minimum atomic E-state index is -1.21. The summed E-state index contributed by atoms with van der Waals surface area (Å²) in [5.41, 5.74) is 0. The van der Waals surface area contributed by atoms with Crippen LogP contribution < -0.4 is 0 Å². The third-order valence-electron chi connectivity index (χ3n) is 0.653. The maximum atomic E-state index is 9.90. The molecule has 0 heterocycles. The van der Waals surface area contributed by atoms with Gasteiger partial charge in [0.2, 0.25) is 0 Å². The molecule has 54 valence electrons. The summed E-state index contributed by atoms with van der Waals surface area (Å²) < 4.78 is 0. The van der Waals surface area contributed by atoms with Crippen molar-refractivity contribution in [2.45, 2.75) is 11.7 Å². The summed E-state index contributed by atoms with van der Waals surface area (Å²) in [6, 6.07) is 0. The van der Waals surface area contributed by atoms with Gasteiger partial charge in [-0.2, -0.15) is 12.6 Å². The number of hydrogen-bond acceptors (Lipinski definition) is 3. The van der Waals surface area contributed by atoms with Gasteiger partial charge in [0.15, 0.2) is 0 Å². The van der Waals surface area contributed by atoms with E-state index in [9.17, 15) is 9.59 Å². The van der Waals surface area contributed by atoms with Gasteiger partial charge in [0.1, 0.15) is 5.25 Å². The van der Waals surface area contributed by atoms with Gasteiger partial charge >= 0.3 is 11.9 Å². The van der Waals surface area contributed by atoms with E-state index in [1.165, 1.54) is 0 Å². The summed E-state index contributed by atoms with van der Waals surface area (Å²) >= 11 is 3.48. The fraction of sp³-hybridized carbons (Fsp3) is 0.500. The first-order chi connectivity index (χ1) is 4.04. The summed E-state index contributed by atoms with van der Waals surface area (Å²) in [7, 11) is 0. The van der Waals surface area contributed by atoms with Gasteiger partial charge in [0, 0.05) is 59.1 Å².